The van der Waals surface area contributed by atoms with E-state index in [1.807, 2.05) is 29.2 Å². The van der Waals surface area contributed by atoms with Crippen LogP contribution < -0.4 is 15.4 Å². The Bertz CT molecular complexity index is 1240. The smallest absolute Gasteiger partial charge is 0.255 e. The number of anilines is 2. The predicted molar refractivity (Wildman–Crippen MR) is 133 cm³/mol. The third kappa shape index (κ3) is 6.23. The summed E-state index contributed by atoms with van der Waals surface area (Å²) in [6.45, 7) is 2.91. The minimum Gasteiger partial charge on any atom is -0.495 e. The van der Waals surface area contributed by atoms with E-state index >= 15 is 0 Å². The summed E-state index contributed by atoms with van der Waals surface area (Å²) in [6.07, 6.45) is 0. The van der Waals surface area contributed by atoms with E-state index in [1.54, 1.807) is 42.5 Å². The monoisotopic (exact) mass is 470 g/mol. The van der Waals surface area contributed by atoms with Crippen LogP contribution in [0, 0.1) is 11.3 Å². The van der Waals surface area contributed by atoms with Crippen LogP contribution >= 0.6 is 0 Å². The van der Waals surface area contributed by atoms with E-state index in [9.17, 15) is 9.59 Å². The Morgan fingerprint density at radius 1 is 1.00 bits per heavy atom. The number of methoxy groups -OCH3 is 1. The molecular formula is C27H26N4O4. The van der Waals surface area contributed by atoms with Crippen molar-refractivity contribution in [3.63, 3.8) is 0 Å². The number of hydrogen-bond donors (Lipinski definition) is 2. The zero-order valence-electron chi connectivity index (χ0n) is 19.4. The highest BCUT2D eigenvalue weighted by molar-refractivity contribution is 6.05. The molecule has 0 saturated carbocycles. The standard InChI is InChI=1S/C27H26N4O4/c1-34-25-10-9-23(16-24(25)30-26(32)18-31-11-13-35-14-12-31)29-27(33)21-7-5-20(6-8-21)22-4-2-3-19(15-22)17-28/h2-10,15-16H,11-14,18H2,1H3,(H,29,33)(H,30,32). The second-order valence-corrected chi connectivity index (χ2v) is 8.08. The molecule has 2 amide bonds. The van der Waals surface area contributed by atoms with Crippen LogP contribution in [0.15, 0.2) is 66.7 Å². The second-order valence-electron chi connectivity index (χ2n) is 8.08. The van der Waals surface area contributed by atoms with Crippen molar-refractivity contribution < 1.29 is 19.1 Å². The molecule has 3 aromatic rings. The normalized spacial score (nSPS) is 13.5. The molecule has 35 heavy (non-hydrogen) atoms. The molecule has 3 aromatic carbocycles. The first-order chi connectivity index (χ1) is 17.1. The third-order valence-electron chi connectivity index (χ3n) is 5.67. The van der Waals surface area contributed by atoms with Gasteiger partial charge in [0.1, 0.15) is 5.75 Å². The number of hydrogen-bond acceptors (Lipinski definition) is 6. The Hall–Kier alpha value is -4.19. The number of carbonyl (C=O) groups is 2. The van der Waals surface area contributed by atoms with Gasteiger partial charge in [0.2, 0.25) is 5.91 Å². The molecule has 178 valence electrons. The van der Waals surface area contributed by atoms with E-state index in [2.05, 4.69) is 16.7 Å². The maximum Gasteiger partial charge on any atom is 0.255 e. The summed E-state index contributed by atoms with van der Waals surface area (Å²) in [5, 5.41) is 14.8. The van der Waals surface area contributed by atoms with Gasteiger partial charge in [-0.25, -0.2) is 0 Å². The van der Waals surface area contributed by atoms with Gasteiger partial charge in [-0.1, -0.05) is 24.3 Å². The molecule has 0 aromatic heterocycles. The van der Waals surface area contributed by atoms with Crippen molar-refractivity contribution in [3.8, 4) is 22.9 Å². The van der Waals surface area contributed by atoms with Gasteiger partial charge in [-0.15, -0.1) is 0 Å². The maximum absolute atomic E-state index is 12.8. The van der Waals surface area contributed by atoms with E-state index in [1.165, 1.54) is 7.11 Å². The van der Waals surface area contributed by atoms with Gasteiger partial charge >= 0.3 is 0 Å². The largest absolute Gasteiger partial charge is 0.495 e. The van der Waals surface area contributed by atoms with Crippen molar-refractivity contribution in [1.29, 1.82) is 5.26 Å². The molecule has 0 atom stereocenters. The number of carbonyl (C=O) groups excluding carboxylic acids is 2. The van der Waals surface area contributed by atoms with Crippen LogP contribution in [0.5, 0.6) is 5.75 Å². The van der Waals surface area contributed by atoms with Gasteiger partial charge in [0.05, 0.1) is 44.2 Å². The molecule has 8 nitrogen and oxygen atoms in total. The summed E-state index contributed by atoms with van der Waals surface area (Å²) in [4.78, 5) is 27.4. The fraction of sp³-hybridized carbons (Fsp3) is 0.222. The number of amides is 2. The number of nitrogens with one attached hydrogen (secondary N) is 2. The first-order valence-electron chi connectivity index (χ1n) is 11.3. The average Bonchev–Trinajstić information content (AvgIpc) is 2.89. The highest BCUT2D eigenvalue weighted by Crippen LogP contribution is 2.28. The third-order valence-corrected chi connectivity index (χ3v) is 5.67. The van der Waals surface area contributed by atoms with Crippen LogP contribution in [0.2, 0.25) is 0 Å². The summed E-state index contributed by atoms with van der Waals surface area (Å²) in [6, 6.07) is 21.7. The van der Waals surface area contributed by atoms with Crippen LogP contribution in [0.1, 0.15) is 15.9 Å². The van der Waals surface area contributed by atoms with Crippen LogP contribution in [-0.2, 0) is 9.53 Å². The first kappa shape index (κ1) is 24.0. The molecule has 0 radical (unpaired) electrons. The summed E-state index contributed by atoms with van der Waals surface area (Å²) < 4.78 is 10.7. The van der Waals surface area contributed by atoms with Crippen LogP contribution in [0.25, 0.3) is 11.1 Å². The molecular weight excluding hydrogens is 444 g/mol. The van der Waals surface area contributed by atoms with Gasteiger partial charge in [-0.2, -0.15) is 5.26 Å². The van der Waals surface area contributed by atoms with Gasteiger partial charge in [0, 0.05) is 24.3 Å². The van der Waals surface area contributed by atoms with Gasteiger partial charge in [-0.3, -0.25) is 14.5 Å². The summed E-state index contributed by atoms with van der Waals surface area (Å²) in [5.41, 5.74) is 3.90. The quantitative estimate of drug-likeness (QED) is 0.545. The topological polar surface area (TPSA) is 104 Å². The van der Waals surface area contributed by atoms with Gasteiger partial charge < -0.3 is 20.1 Å². The predicted octanol–water partition coefficient (Wildman–Crippen LogP) is 3.76. The van der Waals surface area contributed by atoms with Gasteiger partial charge in [0.25, 0.3) is 5.91 Å². The summed E-state index contributed by atoms with van der Waals surface area (Å²) in [5.74, 6) is 0.0603. The number of rotatable bonds is 7. The lowest BCUT2D eigenvalue weighted by molar-refractivity contribution is -0.118. The van der Waals surface area contributed by atoms with E-state index < -0.39 is 0 Å². The van der Waals surface area contributed by atoms with E-state index in [0.717, 1.165) is 11.1 Å². The molecule has 1 aliphatic heterocycles. The van der Waals surface area contributed by atoms with Crippen molar-refractivity contribution in [2.24, 2.45) is 0 Å². The number of benzene rings is 3. The maximum atomic E-state index is 12.8. The Morgan fingerprint density at radius 3 is 2.49 bits per heavy atom. The molecule has 1 saturated heterocycles. The Morgan fingerprint density at radius 2 is 1.77 bits per heavy atom. The van der Waals surface area contributed by atoms with Crippen molar-refractivity contribution in [3.05, 3.63) is 77.9 Å². The van der Waals surface area contributed by atoms with Crippen LogP contribution in [0.3, 0.4) is 0 Å². The average molecular weight is 471 g/mol. The fourth-order valence-corrected chi connectivity index (χ4v) is 3.82. The van der Waals surface area contributed by atoms with E-state index in [0.29, 0.717) is 54.6 Å². The lowest BCUT2D eigenvalue weighted by atomic mass is 10.0. The molecule has 1 aliphatic rings. The zero-order chi connectivity index (χ0) is 24.6. The number of nitriles is 1. The van der Waals surface area contributed by atoms with Crippen molar-refractivity contribution in [2.45, 2.75) is 0 Å². The van der Waals surface area contributed by atoms with E-state index in [4.69, 9.17) is 14.7 Å². The Balaban J connectivity index is 1.43. The van der Waals surface area contributed by atoms with Gasteiger partial charge in [-0.05, 0) is 53.6 Å². The number of ether oxygens (including phenoxy) is 2. The molecule has 0 bridgehead atoms. The van der Waals surface area contributed by atoms with Crippen molar-refractivity contribution >= 4 is 23.2 Å². The zero-order valence-corrected chi connectivity index (χ0v) is 19.4. The van der Waals surface area contributed by atoms with Crippen LogP contribution in [0.4, 0.5) is 11.4 Å². The minimum absolute atomic E-state index is 0.162. The molecule has 0 unspecified atom stereocenters. The molecule has 1 heterocycles. The highest BCUT2D eigenvalue weighted by Gasteiger charge is 2.16. The number of morpholine rings is 1. The van der Waals surface area contributed by atoms with Crippen molar-refractivity contribution in [1.82, 2.24) is 4.90 Å². The summed E-state index contributed by atoms with van der Waals surface area (Å²) >= 11 is 0. The lowest BCUT2D eigenvalue weighted by Crippen LogP contribution is -2.41. The lowest BCUT2D eigenvalue weighted by Gasteiger charge is -2.26. The molecule has 4 rings (SSSR count). The summed E-state index contributed by atoms with van der Waals surface area (Å²) in [7, 11) is 1.53. The molecule has 1 fully saturated rings. The molecule has 2 N–H and O–H groups in total. The Labute approximate surface area is 204 Å². The number of nitrogens with zero attached hydrogens (tertiary/aromatic N) is 2. The first-order valence-corrected chi connectivity index (χ1v) is 11.3. The second kappa shape index (κ2) is 11.3. The van der Waals surface area contributed by atoms with E-state index in [-0.39, 0.29) is 18.4 Å². The van der Waals surface area contributed by atoms with Crippen molar-refractivity contribution in [2.75, 3.05) is 50.6 Å². The molecule has 0 spiro atoms. The minimum atomic E-state index is -0.280. The molecule has 8 heteroatoms. The van der Waals surface area contributed by atoms with Gasteiger partial charge in [0.15, 0.2) is 0 Å². The molecule has 0 aliphatic carbocycles. The SMILES string of the molecule is COc1ccc(NC(=O)c2ccc(-c3cccc(C#N)c3)cc2)cc1NC(=O)CN1CCOCC1. The highest BCUT2D eigenvalue weighted by atomic mass is 16.5. The van der Waals surface area contributed by atoms with Crippen LogP contribution in [-0.4, -0.2) is 56.7 Å². The fourth-order valence-electron chi connectivity index (χ4n) is 3.82. The Kier molecular flexibility index (Phi) is 7.73.